The first kappa shape index (κ1) is 77.5. The van der Waals surface area contributed by atoms with E-state index in [1.54, 1.807) is 0 Å². The van der Waals surface area contributed by atoms with Gasteiger partial charge in [-0.25, -0.2) is 4.79 Å². The van der Waals surface area contributed by atoms with Crippen LogP contribution in [0, 0.1) is 0 Å². The molecule has 1 N–H and O–H groups in total. The third-order valence-electron chi connectivity index (χ3n) is 15.6. The van der Waals surface area contributed by atoms with E-state index in [1.807, 2.05) is 21.1 Å². The largest absolute Gasteiger partial charge is 0.477 e. The predicted molar refractivity (Wildman–Crippen MR) is 341 cm³/mol. The number of allylic oxidation sites excluding steroid dienone is 6. The Balaban J connectivity index is 3.95. The van der Waals surface area contributed by atoms with Gasteiger partial charge in [-0.2, -0.15) is 0 Å². The van der Waals surface area contributed by atoms with Crippen LogP contribution in [0.2, 0.25) is 0 Å². The summed E-state index contributed by atoms with van der Waals surface area (Å²) < 4.78 is 23.0. The zero-order valence-electron chi connectivity index (χ0n) is 53.8. The second kappa shape index (κ2) is 62.6. The average Bonchev–Trinajstić information content (AvgIpc) is 3.43. The fourth-order valence-electron chi connectivity index (χ4n) is 10.3. The number of esters is 2. The molecule has 2 unspecified atom stereocenters. The van der Waals surface area contributed by atoms with Crippen LogP contribution in [-0.4, -0.2) is 87.4 Å². The van der Waals surface area contributed by atoms with Crippen molar-refractivity contribution >= 4 is 17.9 Å². The van der Waals surface area contributed by atoms with Gasteiger partial charge in [0.15, 0.2) is 6.10 Å². The summed E-state index contributed by atoms with van der Waals surface area (Å²) in [5.41, 5.74) is 0. The lowest BCUT2D eigenvalue weighted by Crippen LogP contribution is -2.40. The van der Waals surface area contributed by atoms with Crippen LogP contribution < -0.4 is 0 Å². The fourth-order valence-corrected chi connectivity index (χ4v) is 10.3. The zero-order chi connectivity index (χ0) is 58.3. The van der Waals surface area contributed by atoms with E-state index in [2.05, 4.69) is 50.3 Å². The molecule has 0 rings (SSSR count). The topological polar surface area (TPSA) is 108 Å². The van der Waals surface area contributed by atoms with Crippen LogP contribution in [0.5, 0.6) is 0 Å². The van der Waals surface area contributed by atoms with Crippen molar-refractivity contribution in [3.05, 3.63) is 36.5 Å². The molecule has 0 aliphatic rings. The summed E-state index contributed by atoms with van der Waals surface area (Å²) in [5.74, 6) is -1.98. The van der Waals surface area contributed by atoms with Gasteiger partial charge in [0.05, 0.1) is 34.4 Å². The van der Waals surface area contributed by atoms with E-state index in [4.69, 9.17) is 18.9 Å². The molecule has 0 saturated carbocycles. The van der Waals surface area contributed by atoms with Gasteiger partial charge >= 0.3 is 17.9 Å². The quantitative estimate of drug-likeness (QED) is 0.0211. The molecule has 0 bridgehead atoms. The molecule has 80 heavy (non-hydrogen) atoms. The Hall–Kier alpha value is -2.49. The number of quaternary nitrogens is 1. The van der Waals surface area contributed by atoms with E-state index in [0.717, 1.165) is 51.4 Å². The molecule has 0 fully saturated rings. The molecule has 470 valence electrons. The molecule has 0 spiro atoms. The van der Waals surface area contributed by atoms with Crippen LogP contribution in [0.4, 0.5) is 0 Å². The van der Waals surface area contributed by atoms with Crippen molar-refractivity contribution in [3.8, 4) is 0 Å². The van der Waals surface area contributed by atoms with Crippen molar-refractivity contribution in [2.75, 3.05) is 47.5 Å². The van der Waals surface area contributed by atoms with Crippen molar-refractivity contribution in [2.24, 2.45) is 0 Å². The number of hydrogen-bond acceptors (Lipinski definition) is 7. The first-order valence-electron chi connectivity index (χ1n) is 34.7. The molecule has 9 nitrogen and oxygen atoms in total. The lowest BCUT2D eigenvalue weighted by Gasteiger charge is -2.25. The third-order valence-corrected chi connectivity index (χ3v) is 15.6. The van der Waals surface area contributed by atoms with Gasteiger partial charge in [-0.1, -0.05) is 314 Å². The minimum Gasteiger partial charge on any atom is -0.477 e. The lowest BCUT2D eigenvalue weighted by atomic mass is 10.0. The standard InChI is InChI=1S/C71H133NO8/c1-6-8-10-12-14-16-18-20-22-24-25-26-27-28-29-30-31-32-33-34-35-36-37-38-39-40-41-42-43-44-45-46-48-50-52-54-56-58-60-62-69(74)80-67(66-79-71(70(75)76)77-64-63-72(3,4)5)65-78-68(73)61-59-57-55-53-51-49-47-23-21-19-17-15-13-11-9-7-2/h18,20,24-25,27-28,67,71H,6-17,19,21-23,26,29-66H2,1-5H3/p+1/b20-18-,25-24-,28-27-. The van der Waals surface area contributed by atoms with Crippen LogP contribution >= 0.6 is 0 Å². The molecule has 2 atom stereocenters. The molecule has 0 amide bonds. The Morgan fingerprint density at radius 3 is 1.00 bits per heavy atom. The molecular formula is C71H134NO8+. The van der Waals surface area contributed by atoms with Gasteiger partial charge in [0, 0.05) is 12.8 Å². The summed E-state index contributed by atoms with van der Waals surface area (Å²) in [6, 6.07) is 0. The lowest BCUT2D eigenvalue weighted by molar-refractivity contribution is -0.870. The molecule has 0 saturated heterocycles. The molecule has 0 aromatic heterocycles. The van der Waals surface area contributed by atoms with Crippen molar-refractivity contribution in [1.29, 1.82) is 0 Å². The van der Waals surface area contributed by atoms with Gasteiger partial charge in [-0.05, 0) is 51.4 Å². The monoisotopic (exact) mass is 1130 g/mol. The zero-order valence-corrected chi connectivity index (χ0v) is 53.8. The average molecular weight is 1130 g/mol. The van der Waals surface area contributed by atoms with Crippen molar-refractivity contribution < 1.29 is 42.9 Å². The van der Waals surface area contributed by atoms with Gasteiger partial charge in [-0.15, -0.1) is 0 Å². The predicted octanol–water partition coefficient (Wildman–Crippen LogP) is 21.2. The Bertz CT molecular complexity index is 1410. The number of carbonyl (C=O) groups excluding carboxylic acids is 2. The fraction of sp³-hybridized carbons (Fsp3) is 0.873. The third kappa shape index (κ3) is 63.1. The van der Waals surface area contributed by atoms with Crippen molar-refractivity contribution in [2.45, 2.75) is 354 Å². The van der Waals surface area contributed by atoms with E-state index >= 15 is 0 Å². The van der Waals surface area contributed by atoms with Crippen molar-refractivity contribution in [3.63, 3.8) is 0 Å². The highest BCUT2D eigenvalue weighted by Gasteiger charge is 2.25. The highest BCUT2D eigenvalue weighted by atomic mass is 16.7. The molecule has 9 heteroatoms. The number of carbonyl (C=O) groups is 3. The smallest absolute Gasteiger partial charge is 0.361 e. The Morgan fingerprint density at radius 1 is 0.375 bits per heavy atom. The minimum atomic E-state index is -1.51. The Morgan fingerprint density at radius 2 is 0.675 bits per heavy atom. The number of unbranched alkanes of at least 4 members (excludes halogenated alkanes) is 44. The summed E-state index contributed by atoms with van der Waals surface area (Å²) in [5, 5.41) is 9.72. The second-order valence-electron chi connectivity index (χ2n) is 24.8. The Kier molecular flexibility index (Phi) is 60.6. The summed E-state index contributed by atoms with van der Waals surface area (Å²) in [6.07, 6.45) is 75.6. The number of ether oxygens (including phenoxy) is 4. The van der Waals surface area contributed by atoms with E-state index in [9.17, 15) is 19.5 Å². The van der Waals surface area contributed by atoms with Crippen LogP contribution in [-0.2, 0) is 33.3 Å². The minimum absolute atomic E-state index is 0.175. The van der Waals surface area contributed by atoms with Crippen LogP contribution in [0.15, 0.2) is 36.5 Å². The molecule has 0 aliphatic heterocycles. The van der Waals surface area contributed by atoms with Gasteiger partial charge in [0.2, 0.25) is 0 Å². The maximum Gasteiger partial charge on any atom is 0.361 e. The maximum absolute atomic E-state index is 12.9. The summed E-state index contributed by atoms with van der Waals surface area (Å²) in [7, 11) is 5.99. The normalized spacial score (nSPS) is 12.9. The first-order valence-corrected chi connectivity index (χ1v) is 34.7. The number of hydrogen-bond donors (Lipinski definition) is 1. The number of rotatable bonds is 65. The second-order valence-corrected chi connectivity index (χ2v) is 24.8. The molecule has 0 aromatic rings. The molecule has 0 radical (unpaired) electrons. The highest BCUT2D eigenvalue weighted by Crippen LogP contribution is 2.19. The van der Waals surface area contributed by atoms with Gasteiger partial charge in [0.25, 0.3) is 6.29 Å². The highest BCUT2D eigenvalue weighted by molar-refractivity contribution is 5.71. The number of likely N-dealkylation sites (N-methyl/N-ethyl adjacent to an activating group) is 1. The summed E-state index contributed by atoms with van der Waals surface area (Å²) in [6.45, 7) is 4.92. The summed E-state index contributed by atoms with van der Waals surface area (Å²) >= 11 is 0. The first-order chi connectivity index (χ1) is 39.1. The molecular weight excluding hydrogens is 995 g/mol. The van der Waals surface area contributed by atoms with Gasteiger partial charge < -0.3 is 28.5 Å². The molecule has 0 heterocycles. The van der Waals surface area contributed by atoms with E-state index < -0.39 is 18.4 Å². The maximum atomic E-state index is 12.9. The summed E-state index contributed by atoms with van der Waals surface area (Å²) in [4.78, 5) is 37.5. The molecule has 0 aliphatic carbocycles. The van der Waals surface area contributed by atoms with Crippen molar-refractivity contribution in [1.82, 2.24) is 0 Å². The number of carboxylic acids is 1. The van der Waals surface area contributed by atoms with Gasteiger partial charge in [0.1, 0.15) is 13.2 Å². The Labute approximate surface area is 496 Å². The van der Waals surface area contributed by atoms with Crippen LogP contribution in [0.25, 0.3) is 0 Å². The van der Waals surface area contributed by atoms with E-state index in [1.165, 1.54) is 263 Å². The van der Waals surface area contributed by atoms with E-state index in [-0.39, 0.29) is 38.2 Å². The number of aliphatic carboxylic acids is 1. The number of carboxylic acid groups (broad SMARTS) is 1. The number of nitrogens with zero attached hydrogens (tertiary/aromatic N) is 1. The van der Waals surface area contributed by atoms with E-state index in [0.29, 0.717) is 17.4 Å². The SMILES string of the molecule is CCCCCCC/C=C\C/C=C\C/C=C\CCCCCCCCCCCCCCCCCCCCCCCCCCC(=O)OC(COC(=O)CCCCCCCCCCCCCCCCCC)COC(OCC[N+](C)(C)C)C(=O)O. The van der Waals surface area contributed by atoms with Crippen LogP contribution in [0.1, 0.15) is 341 Å². The molecule has 0 aromatic carbocycles. The van der Waals surface area contributed by atoms with Gasteiger partial charge in [-0.3, -0.25) is 9.59 Å². The van der Waals surface area contributed by atoms with Crippen LogP contribution in [0.3, 0.4) is 0 Å².